The number of hydrogen-bond acceptors (Lipinski definition) is 2. The van der Waals surface area contributed by atoms with E-state index in [2.05, 4.69) is 0 Å². The normalized spacial score (nSPS) is 11.3. The number of esters is 1. The molecular weight excluding hydrogens is 291 g/mol. The van der Waals surface area contributed by atoms with Crippen LogP contribution in [0.4, 0.5) is 4.39 Å². The molecule has 2 nitrogen and oxygen atoms in total. The summed E-state index contributed by atoms with van der Waals surface area (Å²) in [6, 6.07) is 14.5. The molecule has 0 aromatic heterocycles. The molecule has 0 aliphatic rings. The highest BCUT2D eigenvalue weighted by Gasteiger charge is 2.38. The fourth-order valence-corrected chi connectivity index (χ4v) is 3.00. The second kappa shape index (κ2) is 7.40. The highest BCUT2D eigenvalue weighted by Crippen LogP contribution is 2.35. The molecule has 2 aromatic rings. The van der Waals surface area contributed by atoms with E-state index in [0.717, 1.165) is 5.56 Å². The molecule has 23 heavy (non-hydrogen) atoms. The van der Waals surface area contributed by atoms with Gasteiger partial charge in [0.05, 0.1) is 12.0 Å². The predicted molar refractivity (Wildman–Crippen MR) is 90.7 cm³/mol. The first-order valence-electron chi connectivity index (χ1n) is 8.11. The first-order valence-corrected chi connectivity index (χ1v) is 8.11. The smallest absolute Gasteiger partial charge is 0.316 e. The van der Waals surface area contributed by atoms with E-state index in [1.165, 1.54) is 6.07 Å². The molecule has 0 aliphatic carbocycles. The Morgan fingerprint density at radius 2 is 1.70 bits per heavy atom. The number of benzene rings is 2. The average molecular weight is 314 g/mol. The molecule has 0 heterocycles. The van der Waals surface area contributed by atoms with Gasteiger partial charge in [-0.05, 0) is 37.0 Å². The molecule has 122 valence electrons. The van der Waals surface area contributed by atoms with Crippen molar-refractivity contribution in [3.63, 3.8) is 0 Å². The van der Waals surface area contributed by atoms with Gasteiger partial charge in [0.25, 0.3) is 0 Å². The zero-order valence-corrected chi connectivity index (χ0v) is 13.9. The molecule has 0 unspecified atom stereocenters. The Bertz CT molecular complexity index is 661. The van der Waals surface area contributed by atoms with Gasteiger partial charge in [-0.15, -0.1) is 0 Å². The largest absolute Gasteiger partial charge is 0.465 e. The minimum absolute atomic E-state index is 0.281. The zero-order valence-electron chi connectivity index (χ0n) is 13.9. The van der Waals surface area contributed by atoms with Crippen molar-refractivity contribution in [2.45, 2.75) is 39.0 Å². The number of hydrogen-bond donors (Lipinski definition) is 0. The number of halogens is 1. The third kappa shape index (κ3) is 3.29. The van der Waals surface area contributed by atoms with Gasteiger partial charge in [0.1, 0.15) is 5.82 Å². The second-order valence-electron chi connectivity index (χ2n) is 5.57. The lowest BCUT2D eigenvalue weighted by atomic mass is 9.75. The third-order valence-electron chi connectivity index (χ3n) is 4.48. The predicted octanol–water partition coefficient (Wildman–Crippen LogP) is 5.11. The Hall–Kier alpha value is -2.16. The minimum Gasteiger partial charge on any atom is -0.465 e. The van der Waals surface area contributed by atoms with Gasteiger partial charge in [0, 0.05) is 5.56 Å². The monoisotopic (exact) mass is 314 g/mol. The van der Waals surface area contributed by atoms with E-state index in [-0.39, 0.29) is 11.8 Å². The van der Waals surface area contributed by atoms with Gasteiger partial charge in [-0.2, -0.15) is 0 Å². The lowest BCUT2D eigenvalue weighted by Crippen LogP contribution is -2.36. The third-order valence-corrected chi connectivity index (χ3v) is 4.48. The van der Waals surface area contributed by atoms with E-state index < -0.39 is 5.41 Å². The van der Waals surface area contributed by atoms with Crippen LogP contribution in [0.25, 0.3) is 11.1 Å². The summed E-state index contributed by atoms with van der Waals surface area (Å²) in [6.45, 7) is 5.98. The molecule has 0 saturated carbocycles. The van der Waals surface area contributed by atoms with Crippen molar-refractivity contribution in [3.8, 4) is 11.1 Å². The highest BCUT2D eigenvalue weighted by molar-refractivity contribution is 5.83. The van der Waals surface area contributed by atoms with Crippen LogP contribution < -0.4 is 0 Å². The van der Waals surface area contributed by atoms with Gasteiger partial charge < -0.3 is 4.74 Å². The number of carbonyl (C=O) groups is 1. The lowest BCUT2D eigenvalue weighted by molar-refractivity contribution is -0.150. The number of carbonyl (C=O) groups excluding carboxylic acids is 1. The Balaban J connectivity index is 2.47. The molecule has 0 amide bonds. The second-order valence-corrected chi connectivity index (χ2v) is 5.57. The van der Waals surface area contributed by atoms with Crippen molar-refractivity contribution >= 4 is 5.97 Å². The zero-order chi connectivity index (χ0) is 16.9. The molecule has 0 saturated heterocycles. The van der Waals surface area contributed by atoms with Gasteiger partial charge in [-0.3, -0.25) is 4.79 Å². The molecule has 2 rings (SSSR count). The van der Waals surface area contributed by atoms with Gasteiger partial charge in [0.15, 0.2) is 0 Å². The molecule has 0 spiro atoms. The molecule has 0 atom stereocenters. The van der Waals surface area contributed by atoms with Crippen LogP contribution in [0.5, 0.6) is 0 Å². The Morgan fingerprint density at radius 1 is 1.04 bits per heavy atom. The molecule has 0 aliphatic heterocycles. The van der Waals surface area contributed by atoms with Crippen LogP contribution in [-0.2, 0) is 14.9 Å². The summed E-state index contributed by atoms with van der Waals surface area (Å²) in [6.07, 6.45) is 1.15. The van der Waals surface area contributed by atoms with Crippen LogP contribution in [0.3, 0.4) is 0 Å². The summed E-state index contributed by atoms with van der Waals surface area (Å²) in [4.78, 5) is 12.4. The molecule has 2 aromatic carbocycles. The molecule has 0 fully saturated rings. The van der Waals surface area contributed by atoms with Crippen LogP contribution in [-0.4, -0.2) is 12.6 Å². The summed E-state index contributed by atoms with van der Waals surface area (Å²) < 4.78 is 19.9. The van der Waals surface area contributed by atoms with Crippen LogP contribution in [0, 0.1) is 5.82 Å². The Labute approximate surface area is 137 Å². The van der Waals surface area contributed by atoms with E-state index in [1.807, 2.05) is 50.2 Å². The summed E-state index contributed by atoms with van der Waals surface area (Å²) in [5, 5.41) is 0. The quantitative estimate of drug-likeness (QED) is 0.692. The van der Waals surface area contributed by atoms with Crippen molar-refractivity contribution in [3.05, 3.63) is 59.9 Å². The van der Waals surface area contributed by atoms with E-state index in [0.29, 0.717) is 30.6 Å². The summed E-state index contributed by atoms with van der Waals surface area (Å²) >= 11 is 0. The van der Waals surface area contributed by atoms with Crippen molar-refractivity contribution in [2.75, 3.05) is 6.61 Å². The van der Waals surface area contributed by atoms with Crippen LogP contribution in [0.15, 0.2) is 48.5 Å². The van der Waals surface area contributed by atoms with E-state index >= 15 is 0 Å². The van der Waals surface area contributed by atoms with E-state index in [9.17, 15) is 9.18 Å². The SMILES string of the molecule is CCOC(=O)C(CC)(CC)c1ccc(-c2ccccc2)c(F)c1. The van der Waals surface area contributed by atoms with Crippen LogP contribution in [0.1, 0.15) is 39.2 Å². The molecule has 0 radical (unpaired) electrons. The fraction of sp³-hybridized carbons (Fsp3) is 0.350. The van der Waals surface area contributed by atoms with Gasteiger partial charge >= 0.3 is 5.97 Å². The number of ether oxygens (including phenoxy) is 1. The molecular formula is C20H23FO2. The first kappa shape index (κ1) is 17.2. The molecule has 3 heteroatoms. The van der Waals surface area contributed by atoms with Crippen LogP contribution >= 0.6 is 0 Å². The maximum atomic E-state index is 14.6. The Kier molecular flexibility index (Phi) is 5.54. The van der Waals surface area contributed by atoms with Gasteiger partial charge in [0.2, 0.25) is 0 Å². The summed E-state index contributed by atoms with van der Waals surface area (Å²) in [7, 11) is 0. The van der Waals surface area contributed by atoms with Gasteiger partial charge in [-0.25, -0.2) is 4.39 Å². The maximum Gasteiger partial charge on any atom is 0.316 e. The molecule has 0 N–H and O–H groups in total. The maximum absolute atomic E-state index is 14.6. The molecule has 0 bridgehead atoms. The topological polar surface area (TPSA) is 26.3 Å². The van der Waals surface area contributed by atoms with Crippen molar-refractivity contribution in [1.29, 1.82) is 0 Å². The summed E-state index contributed by atoms with van der Waals surface area (Å²) in [5.74, 6) is -0.596. The Morgan fingerprint density at radius 3 is 2.22 bits per heavy atom. The van der Waals surface area contributed by atoms with E-state index in [1.54, 1.807) is 13.0 Å². The summed E-state index contributed by atoms with van der Waals surface area (Å²) in [5.41, 5.74) is 1.26. The highest BCUT2D eigenvalue weighted by atomic mass is 19.1. The number of rotatable bonds is 6. The lowest BCUT2D eigenvalue weighted by Gasteiger charge is -2.30. The first-order chi connectivity index (χ1) is 11.1. The van der Waals surface area contributed by atoms with Crippen molar-refractivity contribution in [2.24, 2.45) is 0 Å². The van der Waals surface area contributed by atoms with Crippen LogP contribution in [0.2, 0.25) is 0 Å². The minimum atomic E-state index is -0.786. The van der Waals surface area contributed by atoms with Gasteiger partial charge in [-0.1, -0.05) is 56.3 Å². The average Bonchev–Trinajstić information content (AvgIpc) is 2.58. The standard InChI is InChI=1S/C20H23FO2/c1-4-20(5-2,19(22)23-6-3)16-12-13-17(18(21)14-16)15-10-8-7-9-11-15/h7-14H,4-6H2,1-3H3. The van der Waals surface area contributed by atoms with E-state index in [4.69, 9.17) is 4.74 Å². The fourth-order valence-electron chi connectivity index (χ4n) is 3.00. The van der Waals surface area contributed by atoms with Crippen molar-refractivity contribution < 1.29 is 13.9 Å². The van der Waals surface area contributed by atoms with Crippen molar-refractivity contribution in [1.82, 2.24) is 0 Å².